The number of amides is 1. The second-order valence-electron chi connectivity index (χ2n) is 8.07. The summed E-state index contributed by atoms with van der Waals surface area (Å²) in [5, 5.41) is 11.7. The number of aromatic nitrogens is 6. The standard InChI is InChI=1S/C22H23N7O2S/c1-13(2)31-16-7-15(8-16)28-11-19(20(27-28)17-5-3-4-6-24-17)29-10-14(9-25-29)22-26-18(12-32-22)21(23)30/h3-6,9-13,15-16H,7-8H2,1-2H3,(H2,23,30). The van der Waals surface area contributed by atoms with Gasteiger partial charge in [-0.3, -0.25) is 14.5 Å². The van der Waals surface area contributed by atoms with Crippen LogP contribution in [0.1, 0.15) is 43.2 Å². The molecule has 1 aliphatic rings. The summed E-state index contributed by atoms with van der Waals surface area (Å²) in [6.45, 7) is 4.12. The van der Waals surface area contributed by atoms with Crippen LogP contribution in [-0.2, 0) is 4.74 Å². The van der Waals surface area contributed by atoms with Gasteiger partial charge >= 0.3 is 0 Å². The van der Waals surface area contributed by atoms with E-state index >= 15 is 0 Å². The maximum absolute atomic E-state index is 11.4. The summed E-state index contributed by atoms with van der Waals surface area (Å²) in [5.74, 6) is -0.543. The maximum atomic E-state index is 11.4. The van der Waals surface area contributed by atoms with Crippen molar-refractivity contribution in [2.75, 3.05) is 0 Å². The van der Waals surface area contributed by atoms with Crippen LogP contribution in [0.4, 0.5) is 0 Å². The zero-order chi connectivity index (χ0) is 22.2. The van der Waals surface area contributed by atoms with Gasteiger partial charge < -0.3 is 10.5 Å². The Bertz CT molecular complexity index is 1240. The Kier molecular flexibility index (Phi) is 5.32. The first kappa shape index (κ1) is 20.5. The Hall–Kier alpha value is -3.37. The topological polar surface area (TPSA) is 114 Å². The highest BCUT2D eigenvalue weighted by Gasteiger charge is 2.33. The van der Waals surface area contributed by atoms with Crippen molar-refractivity contribution in [1.29, 1.82) is 0 Å². The number of nitrogens with zero attached hydrogens (tertiary/aromatic N) is 6. The lowest BCUT2D eigenvalue weighted by Crippen LogP contribution is -2.35. The van der Waals surface area contributed by atoms with Crippen LogP contribution in [0.3, 0.4) is 0 Å². The molecule has 1 aliphatic carbocycles. The summed E-state index contributed by atoms with van der Waals surface area (Å²) in [6, 6.07) is 6.04. The number of pyridine rings is 1. The molecule has 4 aromatic rings. The van der Waals surface area contributed by atoms with E-state index < -0.39 is 5.91 Å². The largest absolute Gasteiger partial charge is 0.375 e. The third kappa shape index (κ3) is 3.94. The molecule has 1 saturated carbocycles. The van der Waals surface area contributed by atoms with E-state index in [1.807, 2.05) is 35.3 Å². The van der Waals surface area contributed by atoms with Gasteiger partial charge in [0.2, 0.25) is 0 Å². The van der Waals surface area contributed by atoms with E-state index in [4.69, 9.17) is 15.6 Å². The first-order valence-corrected chi connectivity index (χ1v) is 11.3. The molecule has 0 unspecified atom stereocenters. The molecule has 9 nitrogen and oxygen atoms in total. The first-order chi connectivity index (χ1) is 15.5. The Morgan fingerprint density at radius 2 is 2.12 bits per heavy atom. The van der Waals surface area contributed by atoms with Crippen LogP contribution in [0.15, 0.2) is 48.4 Å². The monoisotopic (exact) mass is 449 g/mol. The Morgan fingerprint density at radius 1 is 1.28 bits per heavy atom. The number of nitrogens with two attached hydrogens (primary N) is 1. The third-order valence-corrected chi connectivity index (χ3v) is 6.25. The molecule has 0 saturated heterocycles. The second-order valence-corrected chi connectivity index (χ2v) is 8.92. The lowest BCUT2D eigenvalue weighted by atomic mass is 9.89. The third-order valence-electron chi connectivity index (χ3n) is 5.36. The van der Waals surface area contributed by atoms with Gasteiger partial charge in [0, 0.05) is 23.3 Å². The van der Waals surface area contributed by atoms with Gasteiger partial charge in [0.05, 0.1) is 36.3 Å². The van der Waals surface area contributed by atoms with E-state index in [9.17, 15) is 4.79 Å². The zero-order valence-electron chi connectivity index (χ0n) is 17.8. The summed E-state index contributed by atoms with van der Waals surface area (Å²) in [6.07, 6.45) is 9.72. The molecule has 1 amide bonds. The summed E-state index contributed by atoms with van der Waals surface area (Å²) in [7, 11) is 0. The lowest BCUT2D eigenvalue weighted by Gasteiger charge is -2.36. The van der Waals surface area contributed by atoms with Crippen LogP contribution in [-0.4, -0.2) is 47.6 Å². The van der Waals surface area contributed by atoms with Crippen molar-refractivity contribution >= 4 is 17.2 Å². The predicted octanol–water partition coefficient (Wildman–Crippen LogP) is 3.48. The molecule has 1 fully saturated rings. The fourth-order valence-corrected chi connectivity index (χ4v) is 4.54. The van der Waals surface area contributed by atoms with Crippen LogP contribution < -0.4 is 5.73 Å². The number of hydrogen-bond donors (Lipinski definition) is 1. The van der Waals surface area contributed by atoms with E-state index in [1.54, 1.807) is 22.5 Å². The summed E-state index contributed by atoms with van der Waals surface area (Å²) in [5.41, 5.74) is 8.74. The molecule has 4 aromatic heterocycles. The number of rotatable bonds is 7. The second kappa shape index (κ2) is 8.29. The number of ether oxygens (including phenoxy) is 1. The normalized spacial score (nSPS) is 18.1. The van der Waals surface area contributed by atoms with Gasteiger partial charge in [0.25, 0.3) is 5.91 Å². The number of carbonyl (C=O) groups excluding carboxylic acids is 1. The molecule has 164 valence electrons. The summed E-state index contributed by atoms with van der Waals surface area (Å²) in [4.78, 5) is 20.2. The fourth-order valence-electron chi connectivity index (χ4n) is 3.76. The van der Waals surface area contributed by atoms with Gasteiger partial charge in [-0.2, -0.15) is 10.2 Å². The summed E-state index contributed by atoms with van der Waals surface area (Å²) < 4.78 is 9.67. The van der Waals surface area contributed by atoms with E-state index in [-0.39, 0.29) is 23.9 Å². The number of primary amides is 1. The summed E-state index contributed by atoms with van der Waals surface area (Å²) >= 11 is 1.36. The van der Waals surface area contributed by atoms with Crippen molar-refractivity contribution in [1.82, 2.24) is 29.5 Å². The van der Waals surface area contributed by atoms with E-state index in [0.717, 1.165) is 35.5 Å². The molecular formula is C22H23N7O2S. The highest BCUT2D eigenvalue weighted by atomic mass is 32.1. The Labute approximate surface area is 188 Å². The van der Waals surface area contributed by atoms with Gasteiger partial charge in [0.1, 0.15) is 22.1 Å². The van der Waals surface area contributed by atoms with E-state index in [2.05, 4.69) is 28.9 Å². The number of hydrogen-bond acceptors (Lipinski definition) is 7. The molecule has 5 rings (SSSR count). The molecule has 2 N–H and O–H groups in total. The average molecular weight is 450 g/mol. The van der Waals surface area contributed by atoms with Crippen molar-refractivity contribution < 1.29 is 9.53 Å². The molecule has 0 atom stereocenters. The minimum atomic E-state index is -0.543. The van der Waals surface area contributed by atoms with Crippen molar-refractivity contribution in [3.05, 3.63) is 54.1 Å². The zero-order valence-corrected chi connectivity index (χ0v) is 18.6. The van der Waals surface area contributed by atoms with Crippen molar-refractivity contribution in [2.24, 2.45) is 5.73 Å². The maximum Gasteiger partial charge on any atom is 0.268 e. The van der Waals surface area contributed by atoms with Crippen LogP contribution >= 0.6 is 11.3 Å². The quantitative estimate of drug-likeness (QED) is 0.462. The van der Waals surface area contributed by atoms with E-state index in [0.29, 0.717) is 5.01 Å². The van der Waals surface area contributed by atoms with Crippen LogP contribution in [0.5, 0.6) is 0 Å². The van der Waals surface area contributed by atoms with Crippen molar-refractivity contribution in [3.8, 4) is 27.6 Å². The minimum Gasteiger partial charge on any atom is -0.375 e. The van der Waals surface area contributed by atoms with Gasteiger partial charge in [-0.05, 0) is 38.8 Å². The van der Waals surface area contributed by atoms with Gasteiger partial charge in [-0.15, -0.1) is 11.3 Å². The first-order valence-electron chi connectivity index (χ1n) is 10.4. The smallest absolute Gasteiger partial charge is 0.268 e. The van der Waals surface area contributed by atoms with E-state index in [1.165, 1.54) is 11.3 Å². The molecule has 0 aromatic carbocycles. The average Bonchev–Trinajstić information content (AvgIpc) is 3.49. The fraction of sp³-hybridized carbons (Fsp3) is 0.318. The molecule has 0 bridgehead atoms. The highest BCUT2D eigenvalue weighted by molar-refractivity contribution is 7.13. The number of carbonyl (C=O) groups is 1. The van der Waals surface area contributed by atoms with Crippen LogP contribution in [0, 0.1) is 0 Å². The molecule has 10 heteroatoms. The Balaban J connectivity index is 1.47. The molecule has 0 spiro atoms. The molecule has 4 heterocycles. The van der Waals surface area contributed by atoms with Crippen molar-refractivity contribution in [2.45, 2.75) is 44.9 Å². The van der Waals surface area contributed by atoms with Gasteiger partial charge in [-0.1, -0.05) is 6.07 Å². The predicted molar refractivity (Wildman–Crippen MR) is 120 cm³/mol. The Morgan fingerprint density at radius 3 is 2.81 bits per heavy atom. The van der Waals surface area contributed by atoms with Gasteiger partial charge in [-0.25, -0.2) is 9.67 Å². The minimum absolute atomic E-state index is 0.224. The molecular weight excluding hydrogens is 426 g/mol. The highest BCUT2D eigenvalue weighted by Crippen LogP contribution is 2.37. The van der Waals surface area contributed by atoms with Crippen LogP contribution in [0.25, 0.3) is 27.6 Å². The van der Waals surface area contributed by atoms with Crippen LogP contribution in [0.2, 0.25) is 0 Å². The van der Waals surface area contributed by atoms with Gasteiger partial charge in [0.15, 0.2) is 0 Å². The molecule has 0 radical (unpaired) electrons. The number of thiazole rings is 1. The van der Waals surface area contributed by atoms with Crippen molar-refractivity contribution in [3.63, 3.8) is 0 Å². The lowest BCUT2D eigenvalue weighted by molar-refractivity contribution is -0.0599. The molecule has 32 heavy (non-hydrogen) atoms. The SMILES string of the molecule is CC(C)OC1CC(n2cc(-n3cc(-c4nc(C(N)=O)cs4)cn3)c(-c3ccccn3)n2)C1. The molecule has 0 aliphatic heterocycles.